The summed E-state index contributed by atoms with van der Waals surface area (Å²) >= 11 is 0. The molecule has 4 rings (SSSR count). The second kappa shape index (κ2) is 20.2. The maximum absolute atomic E-state index is 12.5. The van der Waals surface area contributed by atoms with Crippen molar-refractivity contribution in [1.82, 2.24) is 0 Å². The van der Waals surface area contributed by atoms with E-state index in [2.05, 4.69) is 22.5 Å². The largest absolute Gasteiger partial charge is 0.507 e. The van der Waals surface area contributed by atoms with E-state index >= 15 is 0 Å². The summed E-state index contributed by atoms with van der Waals surface area (Å²) in [6, 6.07) is 12.5. The van der Waals surface area contributed by atoms with Crippen LogP contribution in [0.3, 0.4) is 0 Å². The Morgan fingerprint density at radius 2 is 1.42 bits per heavy atom. The zero-order valence-corrected chi connectivity index (χ0v) is 35.8. The molecule has 0 aliphatic rings. The summed E-state index contributed by atoms with van der Waals surface area (Å²) in [5, 5.41) is 21.6. The third kappa shape index (κ3) is 12.2. The van der Waals surface area contributed by atoms with Crippen molar-refractivity contribution >= 4 is 119 Å². The SMILES string of the molecule is CCCCCCCCCCOC(=O)Nc1ccc(-c2cc(S(=O)(=O)O)c(N=Nc3c(N)ccc4cc(S(=O)(=O)O)cc(O)c34)cc2C)c(C)c1.[Na].[Na]. The third-order valence-electron chi connectivity index (χ3n) is 8.21. The van der Waals surface area contributed by atoms with Gasteiger partial charge in [-0.1, -0.05) is 64.0 Å². The monoisotopic (exact) mass is 772 g/mol. The van der Waals surface area contributed by atoms with Gasteiger partial charge in [0.2, 0.25) is 0 Å². The molecule has 0 aliphatic heterocycles. The molecule has 6 N–H and O–H groups in total. The number of aryl methyl sites for hydroxylation is 2. The van der Waals surface area contributed by atoms with E-state index < -0.39 is 41.9 Å². The van der Waals surface area contributed by atoms with Gasteiger partial charge in [-0.3, -0.25) is 14.4 Å². The molecule has 0 saturated heterocycles. The predicted molar refractivity (Wildman–Crippen MR) is 204 cm³/mol. The van der Waals surface area contributed by atoms with E-state index in [1.807, 2.05) is 0 Å². The maximum atomic E-state index is 12.5. The first-order chi connectivity index (χ1) is 23.6. The number of ether oxygens (including phenoxy) is 1. The van der Waals surface area contributed by atoms with E-state index in [0.29, 0.717) is 34.5 Å². The Balaban J connectivity index is 0.00000468. The number of amides is 1. The van der Waals surface area contributed by atoms with Gasteiger partial charge in [-0.2, -0.15) is 16.8 Å². The van der Waals surface area contributed by atoms with Crippen molar-refractivity contribution in [3.63, 3.8) is 0 Å². The van der Waals surface area contributed by atoms with Crippen molar-refractivity contribution in [3.05, 3.63) is 65.7 Å². The molecular formula is C35H42N4Na2O9S2. The number of rotatable bonds is 15. The van der Waals surface area contributed by atoms with Crippen LogP contribution in [0.15, 0.2) is 74.6 Å². The molecule has 0 unspecified atom stereocenters. The zero-order valence-electron chi connectivity index (χ0n) is 30.1. The number of phenolic OH excluding ortho intramolecular Hbond substituents is 1. The minimum atomic E-state index is -4.83. The van der Waals surface area contributed by atoms with Crippen LogP contribution in [0.1, 0.15) is 69.4 Å². The van der Waals surface area contributed by atoms with Gasteiger partial charge in [0.25, 0.3) is 20.2 Å². The number of unbranched alkanes of at least 4 members (excludes halogenated alkanes) is 7. The van der Waals surface area contributed by atoms with Gasteiger partial charge >= 0.3 is 6.09 Å². The second-order valence-electron chi connectivity index (χ2n) is 12.1. The van der Waals surface area contributed by atoms with E-state index in [9.17, 15) is 35.8 Å². The molecule has 1 amide bonds. The standard InChI is InChI=1S/C35H42N4O9S2.2Na/c1-4-5-6-7-8-9-10-11-16-48-35(41)37-25-13-14-27(22(2)17-25)28-21-32(50(45,46)47)30(18-23(28)3)38-39-34-29(36)15-12-24-19-26(49(42,43)44)20-31(40)33(24)34;;/h12-15,17-21,40H,4-11,16,36H2,1-3H3,(H,37,41)(H,42,43,44)(H,45,46,47);;. The van der Waals surface area contributed by atoms with E-state index in [1.165, 1.54) is 56.4 Å². The van der Waals surface area contributed by atoms with E-state index in [0.717, 1.165) is 31.4 Å². The maximum Gasteiger partial charge on any atom is 0.411 e. The Bertz CT molecular complexity index is 2150. The molecule has 2 radical (unpaired) electrons. The van der Waals surface area contributed by atoms with Gasteiger partial charge in [0, 0.05) is 70.9 Å². The number of nitrogens with one attached hydrogen (secondary N) is 1. The zero-order chi connectivity index (χ0) is 36.6. The summed E-state index contributed by atoms with van der Waals surface area (Å²) in [6.45, 7) is 6.01. The number of nitrogens with two attached hydrogens (primary N) is 1. The number of azo groups is 1. The Kier molecular flexibility index (Phi) is 17.7. The number of aromatic hydroxyl groups is 1. The number of nitrogens with zero attached hydrogens (tertiary/aromatic N) is 2. The summed E-state index contributed by atoms with van der Waals surface area (Å²) in [5.74, 6) is -0.567. The van der Waals surface area contributed by atoms with Crippen LogP contribution in [0.4, 0.5) is 27.5 Å². The van der Waals surface area contributed by atoms with Crippen LogP contribution in [0.2, 0.25) is 0 Å². The summed E-state index contributed by atoms with van der Waals surface area (Å²) in [6.07, 6.45) is 8.50. The van der Waals surface area contributed by atoms with Gasteiger partial charge in [-0.05, 0) is 84.3 Å². The summed E-state index contributed by atoms with van der Waals surface area (Å²) in [7, 11) is -9.46. The molecule has 0 fully saturated rings. The average Bonchev–Trinajstić information content (AvgIpc) is 3.03. The van der Waals surface area contributed by atoms with Crippen LogP contribution in [-0.4, -0.2) is 103 Å². The Hall–Kier alpha value is -2.57. The fraction of sp³-hybridized carbons (Fsp3) is 0.343. The first kappa shape index (κ1) is 45.6. The fourth-order valence-electron chi connectivity index (χ4n) is 5.62. The van der Waals surface area contributed by atoms with E-state index in [4.69, 9.17) is 10.5 Å². The van der Waals surface area contributed by atoms with Crippen molar-refractivity contribution in [2.24, 2.45) is 10.2 Å². The number of carbonyl (C=O) groups excluding carboxylic acids is 1. The van der Waals surface area contributed by atoms with Gasteiger partial charge in [0.15, 0.2) is 0 Å². The molecule has 0 bridgehead atoms. The van der Waals surface area contributed by atoms with Crippen LogP contribution < -0.4 is 11.1 Å². The molecule has 13 nitrogen and oxygen atoms in total. The molecule has 4 aromatic rings. The molecule has 52 heavy (non-hydrogen) atoms. The molecule has 0 aromatic heterocycles. The number of nitrogen functional groups attached to an aromatic ring is 1. The number of hydrogen-bond acceptors (Lipinski definition) is 10. The molecule has 17 heteroatoms. The van der Waals surface area contributed by atoms with E-state index in [-0.39, 0.29) is 86.9 Å². The van der Waals surface area contributed by atoms with E-state index in [1.54, 1.807) is 32.0 Å². The number of carbonyl (C=O) groups is 1. The van der Waals surface area contributed by atoms with Gasteiger partial charge in [-0.25, -0.2) is 4.79 Å². The van der Waals surface area contributed by atoms with Gasteiger partial charge < -0.3 is 15.6 Å². The van der Waals surface area contributed by atoms with Crippen LogP contribution in [0.5, 0.6) is 5.75 Å². The Morgan fingerprint density at radius 1 is 0.788 bits per heavy atom. The van der Waals surface area contributed by atoms with Crippen molar-refractivity contribution in [2.75, 3.05) is 17.7 Å². The summed E-state index contributed by atoms with van der Waals surface area (Å²) in [5.41, 5.74) is 8.65. The van der Waals surface area contributed by atoms with Crippen LogP contribution in [0, 0.1) is 13.8 Å². The summed E-state index contributed by atoms with van der Waals surface area (Å²) in [4.78, 5) is 11.3. The second-order valence-corrected chi connectivity index (χ2v) is 14.9. The minimum absolute atomic E-state index is 0. The average molecular weight is 773 g/mol. The number of benzene rings is 4. The summed E-state index contributed by atoms with van der Waals surface area (Å²) < 4.78 is 73.2. The van der Waals surface area contributed by atoms with Crippen LogP contribution in [-0.2, 0) is 25.0 Å². The number of phenols is 1. The van der Waals surface area contributed by atoms with Gasteiger partial charge in [-0.15, -0.1) is 10.2 Å². The number of fused-ring (bicyclic) bond motifs is 1. The first-order valence-corrected chi connectivity index (χ1v) is 19.1. The van der Waals surface area contributed by atoms with Crippen LogP contribution >= 0.6 is 0 Å². The topological polar surface area (TPSA) is 218 Å². The molecule has 4 aromatic carbocycles. The Morgan fingerprint density at radius 3 is 2.04 bits per heavy atom. The fourth-order valence-corrected chi connectivity index (χ4v) is 6.79. The third-order valence-corrected chi connectivity index (χ3v) is 9.92. The predicted octanol–water partition coefficient (Wildman–Crippen LogP) is 8.25. The quantitative estimate of drug-likeness (QED) is 0.0256. The normalized spacial score (nSPS) is 11.6. The van der Waals surface area contributed by atoms with Crippen LogP contribution in [0.25, 0.3) is 21.9 Å². The molecule has 0 saturated carbocycles. The molecule has 0 aliphatic carbocycles. The number of anilines is 2. The molecule has 270 valence electrons. The molecule has 0 spiro atoms. The molecular weight excluding hydrogens is 731 g/mol. The minimum Gasteiger partial charge on any atom is -0.507 e. The van der Waals surface area contributed by atoms with Crippen molar-refractivity contribution in [3.8, 4) is 16.9 Å². The van der Waals surface area contributed by atoms with Gasteiger partial charge in [0.1, 0.15) is 22.0 Å². The van der Waals surface area contributed by atoms with Crippen molar-refractivity contribution in [2.45, 2.75) is 81.9 Å². The van der Waals surface area contributed by atoms with Gasteiger partial charge in [0.05, 0.1) is 22.6 Å². The van der Waals surface area contributed by atoms with Crippen molar-refractivity contribution in [1.29, 1.82) is 0 Å². The van der Waals surface area contributed by atoms with Crippen molar-refractivity contribution < 1.29 is 40.6 Å². The molecule has 0 heterocycles. The smallest absolute Gasteiger partial charge is 0.411 e. The first-order valence-electron chi connectivity index (χ1n) is 16.2. The molecule has 0 atom stereocenters. The number of hydrogen-bond donors (Lipinski definition) is 5. The Labute approximate surface area is 348 Å².